The molecule has 252 valence electrons. The van der Waals surface area contributed by atoms with E-state index in [1.54, 1.807) is 0 Å². The van der Waals surface area contributed by atoms with Crippen LogP contribution in [0.5, 0.6) is 0 Å². The molecule has 4 heteroatoms. The van der Waals surface area contributed by atoms with E-state index in [-0.39, 0.29) is 0 Å². The van der Waals surface area contributed by atoms with Crippen molar-refractivity contribution in [2.45, 2.75) is 5.41 Å². The Hall–Kier alpha value is -7.17. The SMILES string of the molecule is c1ccc(-n2c3ccccc3c3cccc(-c4nc(-c5ccc6ccccc6c5)nc(C5(c6ccccc6)c6ccccc6-c6ccccc65)n4)c32)cc1. The van der Waals surface area contributed by atoms with E-state index in [9.17, 15) is 0 Å². The molecule has 2 heterocycles. The third kappa shape index (κ3) is 4.40. The molecular weight excluding hydrogens is 657 g/mol. The maximum Gasteiger partial charge on any atom is 0.165 e. The van der Waals surface area contributed by atoms with Gasteiger partial charge >= 0.3 is 0 Å². The van der Waals surface area contributed by atoms with E-state index >= 15 is 0 Å². The minimum atomic E-state index is -0.794. The molecule has 0 saturated carbocycles. The van der Waals surface area contributed by atoms with Gasteiger partial charge in [-0.15, -0.1) is 0 Å². The molecule has 0 aliphatic heterocycles. The van der Waals surface area contributed by atoms with Gasteiger partial charge in [-0.3, -0.25) is 0 Å². The normalized spacial score (nSPS) is 13.0. The molecule has 1 aliphatic rings. The summed E-state index contributed by atoms with van der Waals surface area (Å²) in [5.74, 6) is 1.96. The first-order valence-electron chi connectivity index (χ1n) is 18.4. The Labute approximate surface area is 312 Å². The number of nitrogens with zero attached hydrogens (tertiary/aromatic N) is 4. The van der Waals surface area contributed by atoms with Crippen LogP contribution in [0, 0.1) is 0 Å². The molecule has 0 fully saturated rings. The van der Waals surface area contributed by atoms with E-state index in [1.807, 2.05) is 0 Å². The summed E-state index contributed by atoms with van der Waals surface area (Å²) in [6.45, 7) is 0. The Bertz CT molecular complexity index is 3010. The van der Waals surface area contributed by atoms with Gasteiger partial charge in [0.1, 0.15) is 5.41 Å². The molecule has 0 spiro atoms. The molecule has 0 N–H and O–H groups in total. The monoisotopic (exact) mass is 688 g/mol. The van der Waals surface area contributed by atoms with Gasteiger partial charge in [0.25, 0.3) is 0 Å². The average molecular weight is 689 g/mol. The van der Waals surface area contributed by atoms with Crippen molar-refractivity contribution < 1.29 is 0 Å². The molecule has 0 unspecified atom stereocenters. The summed E-state index contributed by atoms with van der Waals surface area (Å²) in [5, 5.41) is 4.64. The van der Waals surface area contributed by atoms with Crippen LogP contribution in [-0.4, -0.2) is 19.5 Å². The summed E-state index contributed by atoms with van der Waals surface area (Å²) in [6.07, 6.45) is 0. The van der Waals surface area contributed by atoms with E-state index in [0.717, 1.165) is 55.3 Å². The van der Waals surface area contributed by atoms with Crippen molar-refractivity contribution in [3.63, 3.8) is 0 Å². The first-order valence-corrected chi connectivity index (χ1v) is 18.4. The molecule has 0 saturated heterocycles. The number of aromatic nitrogens is 4. The Kier molecular flexibility index (Phi) is 6.73. The highest BCUT2D eigenvalue weighted by Gasteiger charge is 2.48. The van der Waals surface area contributed by atoms with Gasteiger partial charge in [0.2, 0.25) is 0 Å². The van der Waals surface area contributed by atoms with E-state index in [0.29, 0.717) is 17.5 Å². The molecule has 11 rings (SSSR count). The van der Waals surface area contributed by atoms with Crippen molar-refractivity contribution in [3.8, 4) is 39.6 Å². The largest absolute Gasteiger partial charge is 0.309 e. The predicted octanol–water partition coefficient (Wildman–Crippen LogP) is 11.8. The smallest absolute Gasteiger partial charge is 0.165 e. The van der Waals surface area contributed by atoms with Crippen LogP contribution in [0.25, 0.3) is 72.2 Å². The molecule has 0 radical (unpaired) electrons. The molecule has 1 aliphatic carbocycles. The summed E-state index contributed by atoms with van der Waals surface area (Å²) in [4.78, 5) is 16.6. The van der Waals surface area contributed by atoms with Crippen molar-refractivity contribution in [1.29, 1.82) is 0 Å². The van der Waals surface area contributed by atoms with Crippen LogP contribution in [0.2, 0.25) is 0 Å². The van der Waals surface area contributed by atoms with Crippen LogP contribution in [0.4, 0.5) is 0 Å². The fourth-order valence-electron chi connectivity index (χ4n) is 8.77. The lowest BCUT2D eigenvalue weighted by atomic mass is 9.71. The van der Waals surface area contributed by atoms with Gasteiger partial charge in [0.05, 0.1) is 11.0 Å². The Morgan fingerprint density at radius 3 is 1.78 bits per heavy atom. The Morgan fingerprint density at radius 2 is 1.00 bits per heavy atom. The lowest BCUT2D eigenvalue weighted by Crippen LogP contribution is -2.31. The van der Waals surface area contributed by atoms with E-state index in [4.69, 9.17) is 15.0 Å². The van der Waals surface area contributed by atoms with Crippen LogP contribution in [0.15, 0.2) is 194 Å². The zero-order valence-corrected chi connectivity index (χ0v) is 29.3. The third-order valence-corrected chi connectivity index (χ3v) is 11.1. The van der Waals surface area contributed by atoms with E-state index in [2.05, 4.69) is 199 Å². The highest BCUT2D eigenvalue weighted by molar-refractivity contribution is 6.13. The molecule has 2 aromatic heterocycles. The summed E-state index contributed by atoms with van der Waals surface area (Å²) in [6, 6.07) is 68.8. The molecule has 8 aromatic carbocycles. The fourth-order valence-corrected chi connectivity index (χ4v) is 8.77. The number of para-hydroxylation sites is 3. The second kappa shape index (κ2) is 11.9. The minimum Gasteiger partial charge on any atom is -0.309 e. The van der Waals surface area contributed by atoms with Crippen molar-refractivity contribution in [2.75, 3.05) is 0 Å². The van der Waals surface area contributed by atoms with Crippen LogP contribution in [0.3, 0.4) is 0 Å². The highest BCUT2D eigenvalue weighted by Crippen LogP contribution is 2.55. The third-order valence-electron chi connectivity index (χ3n) is 11.1. The van der Waals surface area contributed by atoms with Gasteiger partial charge in [-0.25, -0.2) is 15.0 Å². The number of rotatable bonds is 5. The number of hydrogen-bond donors (Lipinski definition) is 0. The lowest BCUT2D eigenvalue weighted by Gasteiger charge is -2.32. The van der Waals surface area contributed by atoms with Gasteiger partial charge in [0, 0.05) is 27.6 Å². The predicted molar refractivity (Wildman–Crippen MR) is 220 cm³/mol. The zero-order chi connectivity index (χ0) is 35.6. The summed E-state index contributed by atoms with van der Waals surface area (Å²) in [5.41, 5.74) is 10.2. The average Bonchev–Trinajstić information content (AvgIpc) is 3.75. The lowest BCUT2D eigenvalue weighted by molar-refractivity contribution is 0.692. The first-order chi connectivity index (χ1) is 26.8. The number of benzene rings is 8. The Balaban J connectivity index is 1.29. The quantitative estimate of drug-likeness (QED) is 0.181. The van der Waals surface area contributed by atoms with Gasteiger partial charge in [-0.1, -0.05) is 164 Å². The van der Waals surface area contributed by atoms with Crippen LogP contribution < -0.4 is 0 Å². The molecule has 10 aromatic rings. The minimum absolute atomic E-state index is 0.630. The van der Waals surface area contributed by atoms with Gasteiger partial charge in [-0.2, -0.15) is 0 Å². The molecular formula is C50H32N4. The molecule has 0 bridgehead atoms. The molecule has 54 heavy (non-hydrogen) atoms. The van der Waals surface area contributed by atoms with Crippen molar-refractivity contribution in [3.05, 3.63) is 217 Å². The fraction of sp³-hybridized carbons (Fsp3) is 0.0200. The van der Waals surface area contributed by atoms with Gasteiger partial charge < -0.3 is 4.57 Å². The van der Waals surface area contributed by atoms with Crippen molar-refractivity contribution >= 4 is 32.6 Å². The standard InChI is InChI=1S/C50H32N4/c1-3-18-36(19-4-1)50(43-27-12-9-22-38(43)39-23-10-13-28-44(39)50)49-52-47(35-31-30-33-16-7-8-17-34(33)32-35)51-48(53-49)42-26-15-25-41-40-24-11-14-29-45(40)54(46(41)42)37-20-5-2-6-21-37/h1-32H. The molecule has 0 amide bonds. The van der Waals surface area contributed by atoms with Crippen molar-refractivity contribution in [1.82, 2.24) is 19.5 Å². The maximum absolute atomic E-state index is 5.64. The second-order valence-electron chi connectivity index (χ2n) is 14.0. The second-order valence-corrected chi connectivity index (χ2v) is 14.0. The van der Waals surface area contributed by atoms with Crippen LogP contribution in [-0.2, 0) is 5.41 Å². The van der Waals surface area contributed by atoms with Crippen LogP contribution >= 0.6 is 0 Å². The number of fused-ring (bicyclic) bond motifs is 7. The Morgan fingerprint density at radius 1 is 0.407 bits per heavy atom. The topological polar surface area (TPSA) is 43.6 Å². The summed E-state index contributed by atoms with van der Waals surface area (Å²) < 4.78 is 2.35. The molecule has 4 nitrogen and oxygen atoms in total. The van der Waals surface area contributed by atoms with Gasteiger partial charge in [0.15, 0.2) is 17.5 Å². The van der Waals surface area contributed by atoms with E-state index in [1.165, 1.54) is 21.9 Å². The zero-order valence-electron chi connectivity index (χ0n) is 29.3. The van der Waals surface area contributed by atoms with Gasteiger partial charge in [-0.05, 0) is 68.9 Å². The first kappa shape index (κ1) is 30.5. The van der Waals surface area contributed by atoms with E-state index < -0.39 is 5.41 Å². The summed E-state index contributed by atoms with van der Waals surface area (Å²) in [7, 11) is 0. The highest BCUT2D eigenvalue weighted by atomic mass is 15.1. The maximum atomic E-state index is 5.64. The number of hydrogen-bond acceptors (Lipinski definition) is 3. The summed E-state index contributed by atoms with van der Waals surface area (Å²) >= 11 is 0. The molecule has 0 atom stereocenters. The van der Waals surface area contributed by atoms with Crippen molar-refractivity contribution in [2.24, 2.45) is 0 Å². The van der Waals surface area contributed by atoms with Crippen LogP contribution in [0.1, 0.15) is 22.5 Å².